The molecule has 1 nitrogen and oxygen atoms in total. The van der Waals surface area contributed by atoms with Gasteiger partial charge in [0.25, 0.3) is 0 Å². The molecule has 0 aromatic heterocycles. The first-order valence-corrected chi connectivity index (χ1v) is 5.32. The van der Waals surface area contributed by atoms with Crippen molar-refractivity contribution in [2.24, 2.45) is 5.92 Å². The van der Waals surface area contributed by atoms with Gasteiger partial charge in [0.1, 0.15) is 0 Å². The molecule has 1 fully saturated rings. The minimum atomic E-state index is 0.996. The molecule has 0 amide bonds. The summed E-state index contributed by atoms with van der Waals surface area (Å²) in [6.45, 7) is 4.09. The van der Waals surface area contributed by atoms with Crippen molar-refractivity contribution in [1.82, 2.24) is 4.90 Å². The predicted octanol–water partition coefficient (Wildman–Crippen LogP) is 2.44. The van der Waals surface area contributed by atoms with Crippen LogP contribution in [0.1, 0.15) is 32.1 Å². The Morgan fingerprint density at radius 3 is 2.75 bits per heavy atom. The van der Waals surface area contributed by atoms with Gasteiger partial charge >= 0.3 is 0 Å². The largest absolute Gasteiger partial charge is 0.303 e. The number of hydrogen-bond acceptors (Lipinski definition) is 1. The standard InChI is InChI=1S/C11H19N/c1-2-5-11(6-3-1)7-10-12-8-4-9-12/h1-2,11H,3-10H2. The van der Waals surface area contributed by atoms with E-state index in [2.05, 4.69) is 17.1 Å². The van der Waals surface area contributed by atoms with Crippen LogP contribution in [0.3, 0.4) is 0 Å². The first-order valence-electron chi connectivity index (χ1n) is 5.32. The smallest absolute Gasteiger partial charge is 0.000654 e. The minimum absolute atomic E-state index is 0.996. The molecule has 2 rings (SSSR count). The second-order valence-corrected chi connectivity index (χ2v) is 4.13. The lowest BCUT2D eigenvalue weighted by Gasteiger charge is -2.32. The Morgan fingerprint density at radius 1 is 1.25 bits per heavy atom. The summed E-state index contributed by atoms with van der Waals surface area (Å²) >= 11 is 0. The van der Waals surface area contributed by atoms with Crippen LogP contribution in [0.2, 0.25) is 0 Å². The van der Waals surface area contributed by atoms with Crippen molar-refractivity contribution in [3.8, 4) is 0 Å². The summed E-state index contributed by atoms with van der Waals surface area (Å²) in [5, 5.41) is 0. The molecule has 1 aliphatic heterocycles. The Kier molecular flexibility index (Phi) is 2.83. The average Bonchev–Trinajstić information content (AvgIpc) is 2.04. The third-order valence-corrected chi connectivity index (χ3v) is 3.18. The van der Waals surface area contributed by atoms with Crippen LogP contribution in [0.25, 0.3) is 0 Å². The van der Waals surface area contributed by atoms with Gasteiger partial charge in [-0.3, -0.25) is 0 Å². The first-order chi connectivity index (χ1) is 5.95. The van der Waals surface area contributed by atoms with E-state index >= 15 is 0 Å². The average molecular weight is 165 g/mol. The third-order valence-electron chi connectivity index (χ3n) is 3.18. The molecule has 0 saturated carbocycles. The van der Waals surface area contributed by atoms with Crippen LogP contribution in [0.4, 0.5) is 0 Å². The minimum Gasteiger partial charge on any atom is -0.303 e. The van der Waals surface area contributed by atoms with Gasteiger partial charge in [-0.05, 0) is 57.7 Å². The van der Waals surface area contributed by atoms with Crippen LogP contribution in [-0.4, -0.2) is 24.5 Å². The van der Waals surface area contributed by atoms with E-state index in [0.717, 1.165) is 5.92 Å². The maximum absolute atomic E-state index is 2.58. The molecular weight excluding hydrogens is 146 g/mol. The lowest BCUT2D eigenvalue weighted by Crippen LogP contribution is -2.38. The van der Waals surface area contributed by atoms with Crippen LogP contribution in [-0.2, 0) is 0 Å². The highest BCUT2D eigenvalue weighted by Crippen LogP contribution is 2.22. The topological polar surface area (TPSA) is 3.24 Å². The molecule has 0 N–H and O–H groups in total. The van der Waals surface area contributed by atoms with Gasteiger partial charge in [-0.2, -0.15) is 0 Å². The highest BCUT2D eigenvalue weighted by molar-refractivity contribution is 4.90. The van der Waals surface area contributed by atoms with Gasteiger partial charge in [-0.15, -0.1) is 0 Å². The molecule has 68 valence electrons. The van der Waals surface area contributed by atoms with E-state index in [-0.39, 0.29) is 0 Å². The van der Waals surface area contributed by atoms with Gasteiger partial charge in [0.15, 0.2) is 0 Å². The van der Waals surface area contributed by atoms with Crippen molar-refractivity contribution in [2.75, 3.05) is 19.6 Å². The van der Waals surface area contributed by atoms with E-state index in [9.17, 15) is 0 Å². The predicted molar refractivity (Wildman–Crippen MR) is 52.2 cm³/mol. The number of likely N-dealkylation sites (tertiary alicyclic amines) is 1. The van der Waals surface area contributed by atoms with Gasteiger partial charge in [0.05, 0.1) is 0 Å². The molecule has 1 aliphatic carbocycles. The molecule has 2 aliphatic rings. The fraction of sp³-hybridized carbons (Fsp3) is 0.818. The van der Waals surface area contributed by atoms with Crippen LogP contribution >= 0.6 is 0 Å². The molecule has 0 spiro atoms. The van der Waals surface area contributed by atoms with E-state index < -0.39 is 0 Å². The summed E-state index contributed by atoms with van der Waals surface area (Å²) < 4.78 is 0. The second kappa shape index (κ2) is 4.08. The molecule has 0 bridgehead atoms. The Bertz CT molecular complexity index is 158. The van der Waals surface area contributed by atoms with Crippen LogP contribution in [0.15, 0.2) is 12.2 Å². The number of allylic oxidation sites excluding steroid dienone is 2. The fourth-order valence-corrected chi connectivity index (χ4v) is 2.09. The van der Waals surface area contributed by atoms with E-state index in [1.54, 1.807) is 0 Å². The molecular formula is C11H19N. The zero-order chi connectivity index (χ0) is 8.23. The van der Waals surface area contributed by atoms with Gasteiger partial charge in [-0.25, -0.2) is 0 Å². The highest BCUT2D eigenvalue weighted by Gasteiger charge is 2.16. The van der Waals surface area contributed by atoms with Crippen molar-refractivity contribution >= 4 is 0 Å². The zero-order valence-electron chi connectivity index (χ0n) is 7.84. The Hall–Kier alpha value is -0.300. The van der Waals surface area contributed by atoms with Crippen molar-refractivity contribution in [1.29, 1.82) is 0 Å². The van der Waals surface area contributed by atoms with Crippen LogP contribution in [0, 0.1) is 5.92 Å². The Balaban J connectivity index is 1.62. The van der Waals surface area contributed by atoms with E-state index in [0.29, 0.717) is 0 Å². The Labute approximate surface area is 75.4 Å². The molecule has 1 saturated heterocycles. The summed E-state index contributed by atoms with van der Waals surface area (Å²) in [5.74, 6) is 0.996. The lowest BCUT2D eigenvalue weighted by molar-refractivity contribution is 0.167. The molecule has 1 heteroatoms. The van der Waals surface area contributed by atoms with Gasteiger partial charge < -0.3 is 4.90 Å². The number of rotatable bonds is 3. The maximum Gasteiger partial charge on any atom is -0.000654 e. The third kappa shape index (κ3) is 2.10. The number of nitrogens with zero attached hydrogens (tertiary/aromatic N) is 1. The zero-order valence-corrected chi connectivity index (χ0v) is 7.84. The van der Waals surface area contributed by atoms with Gasteiger partial charge in [-0.1, -0.05) is 12.2 Å². The van der Waals surface area contributed by atoms with Crippen molar-refractivity contribution in [3.63, 3.8) is 0 Å². The summed E-state index contributed by atoms with van der Waals surface area (Å²) in [5.41, 5.74) is 0. The van der Waals surface area contributed by atoms with Crippen molar-refractivity contribution in [3.05, 3.63) is 12.2 Å². The lowest BCUT2D eigenvalue weighted by atomic mass is 9.91. The second-order valence-electron chi connectivity index (χ2n) is 4.13. The molecule has 12 heavy (non-hydrogen) atoms. The van der Waals surface area contributed by atoms with Gasteiger partial charge in [0, 0.05) is 0 Å². The first kappa shape index (κ1) is 8.31. The quantitative estimate of drug-likeness (QED) is 0.581. The Morgan fingerprint density at radius 2 is 2.17 bits per heavy atom. The van der Waals surface area contributed by atoms with Crippen LogP contribution in [0.5, 0.6) is 0 Å². The van der Waals surface area contributed by atoms with Crippen molar-refractivity contribution < 1.29 is 0 Å². The van der Waals surface area contributed by atoms with E-state index in [4.69, 9.17) is 0 Å². The SMILES string of the molecule is C1=CCC(CCN2CCC2)CC1. The molecule has 1 unspecified atom stereocenters. The van der Waals surface area contributed by atoms with Gasteiger partial charge in [0.2, 0.25) is 0 Å². The van der Waals surface area contributed by atoms with E-state index in [1.807, 2.05) is 0 Å². The monoisotopic (exact) mass is 165 g/mol. The molecule has 1 atom stereocenters. The molecule has 0 aromatic carbocycles. The summed E-state index contributed by atoms with van der Waals surface area (Å²) in [6, 6.07) is 0. The summed E-state index contributed by atoms with van der Waals surface area (Å²) in [4.78, 5) is 2.58. The summed E-state index contributed by atoms with van der Waals surface area (Å²) in [7, 11) is 0. The fourth-order valence-electron chi connectivity index (χ4n) is 2.09. The maximum atomic E-state index is 2.58. The molecule has 0 aromatic rings. The van der Waals surface area contributed by atoms with E-state index in [1.165, 1.54) is 51.7 Å². The van der Waals surface area contributed by atoms with Crippen LogP contribution < -0.4 is 0 Å². The highest BCUT2D eigenvalue weighted by atomic mass is 15.2. The number of hydrogen-bond donors (Lipinski definition) is 0. The van der Waals surface area contributed by atoms with Crippen molar-refractivity contribution in [2.45, 2.75) is 32.1 Å². The summed E-state index contributed by atoms with van der Waals surface area (Å²) in [6.07, 6.45) is 11.7. The molecule has 1 heterocycles. The molecule has 0 radical (unpaired) electrons. The normalized spacial score (nSPS) is 30.2.